The summed E-state index contributed by atoms with van der Waals surface area (Å²) in [6.45, 7) is 0. The molecule has 0 saturated carbocycles. The van der Waals surface area contributed by atoms with E-state index in [1.165, 1.54) is 0 Å². The van der Waals surface area contributed by atoms with Crippen LogP contribution < -0.4 is 0 Å². The van der Waals surface area contributed by atoms with Gasteiger partial charge in [0.25, 0.3) is 0 Å². The van der Waals surface area contributed by atoms with Crippen LogP contribution in [0, 0.1) is 22.7 Å². The molecule has 0 aliphatic heterocycles. The van der Waals surface area contributed by atoms with Crippen molar-refractivity contribution in [2.45, 2.75) is 0 Å². The molecule has 4 nitrogen and oxygen atoms in total. The Morgan fingerprint density at radius 1 is 0.615 bits per heavy atom. The highest BCUT2D eigenvalue weighted by atomic mass is 14.7. The minimum absolute atomic E-state index is 0.582. The molecule has 0 heterocycles. The largest absolute Gasteiger partial charge is 0.256 e. The summed E-state index contributed by atoms with van der Waals surface area (Å²) in [6.07, 6.45) is 3.35. The van der Waals surface area contributed by atoms with Crippen LogP contribution in [0.2, 0.25) is 0 Å². The lowest BCUT2D eigenvalue weighted by Crippen LogP contribution is -1.86. The van der Waals surface area contributed by atoms with Gasteiger partial charge in [-0.3, -0.25) is 9.98 Å². The fourth-order valence-corrected chi connectivity index (χ4v) is 2.36. The molecule has 0 amide bonds. The van der Waals surface area contributed by atoms with Crippen LogP contribution in [0.1, 0.15) is 22.3 Å². The Kier molecular flexibility index (Phi) is 5.30. The summed E-state index contributed by atoms with van der Waals surface area (Å²) in [5.74, 6) is 0. The van der Waals surface area contributed by atoms with Crippen LogP contribution in [0.4, 0.5) is 11.4 Å². The van der Waals surface area contributed by atoms with Gasteiger partial charge >= 0.3 is 0 Å². The number of benzene rings is 3. The Morgan fingerprint density at radius 3 is 1.54 bits per heavy atom. The second-order valence-electron chi connectivity index (χ2n) is 5.43. The molecule has 0 aromatic heterocycles. The molecule has 0 radical (unpaired) electrons. The van der Waals surface area contributed by atoms with Gasteiger partial charge in [0.2, 0.25) is 0 Å². The molecule has 3 aromatic carbocycles. The molecule has 0 unspecified atom stereocenters. The quantitative estimate of drug-likeness (QED) is 0.634. The topological polar surface area (TPSA) is 72.3 Å². The maximum Gasteiger partial charge on any atom is 0.0998 e. The van der Waals surface area contributed by atoms with Crippen LogP contribution in [0.15, 0.2) is 82.8 Å². The van der Waals surface area contributed by atoms with E-state index in [4.69, 9.17) is 10.5 Å². The number of nitriles is 2. The van der Waals surface area contributed by atoms with Gasteiger partial charge in [0.05, 0.1) is 34.6 Å². The van der Waals surface area contributed by atoms with Crippen molar-refractivity contribution < 1.29 is 0 Å². The fraction of sp³-hybridized carbons (Fsp3) is 0. The molecule has 3 aromatic rings. The van der Waals surface area contributed by atoms with Gasteiger partial charge in [-0.25, -0.2) is 0 Å². The molecule has 0 bridgehead atoms. The normalized spacial score (nSPS) is 10.7. The smallest absolute Gasteiger partial charge is 0.0998 e. The second kappa shape index (κ2) is 8.19. The van der Waals surface area contributed by atoms with Crippen LogP contribution in [0.25, 0.3) is 0 Å². The summed E-state index contributed by atoms with van der Waals surface area (Å²) < 4.78 is 0. The lowest BCUT2D eigenvalue weighted by Gasteiger charge is -1.99. The average Bonchev–Trinajstić information content (AvgIpc) is 2.71. The highest BCUT2D eigenvalue weighted by molar-refractivity contribution is 5.86. The predicted molar refractivity (Wildman–Crippen MR) is 103 cm³/mol. The highest BCUT2D eigenvalue weighted by Gasteiger charge is 1.99. The van der Waals surface area contributed by atoms with Crippen molar-refractivity contribution >= 4 is 23.8 Å². The predicted octanol–water partition coefficient (Wildman–Crippen LogP) is 4.93. The zero-order valence-corrected chi connectivity index (χ0v) is 13.9. The number of aliphatic imine (C=N–C) groups is 2. The van der Waals surface area contributed by atoms with Gasteiger partial charge < -0.3 is 0 Å². The third kappa shape index (κ3) is 4.08. The molecule has 0 fully saturated rings. The van der Waals surface area contributed by atoms with E-state index < -0.39 is 0 Å². The Hall–Kier alpha value is -4.02. The van der Waals surface area contributed by atoms with Crippen molar-refractivity contribution in [3.63, 3.8) is 0 Å². The third-order valence-corrected chi connectivity index (χ3v) is 3.70. The van der Waals surface area contributed by atoms with Crippen LogP contribution in [-0.4, -0.2) is 12.4 Å². The molecule has 3 rings (SSSR count). The van der Waals surface area contributed by atoms with E-state index in [0.29, 0.717) is 11.1 Å². The first-order valence-electron chi connectivity index (χ1n) is 7.96. The van der Waals surface area contributed by atoms with Crippen LogP contribution in [-0.2, 0) is 0 Å². The van der Waals surface area contributed by atoms with Crippen molar-refractivity contribution in [1.82, 2.24) is 0 Å². The fourth-order valence-electron chi connectivity index (χ4n) is 2.36. The molecule has 0 N–H and O–H groups in total. The minimum atomic E-state index is 0.582. The Morgan fingerprint density at radius 2 is 1.08 bits per heavy atom. The van der Waals surface area contributed by atoms with Crippen molar-refractivity contribution in [1.29, 1.82) is 10.5 Å². The van der Waals surface area contributed by atoms with Gasteiger partial charge in [-0.15, -0.1) is 0 Å². The maximum atomic E-state index is 9.13. The molecule has 26 heavy (non-hydrogen) atoms. The van der Waals surface area contributed by atoms with Crippen molar-refractivity contribution in [2.75, 3.05) is 0 Å². The monoisotopic (exact) mass is 334 g/mol. The molecule has 0 saturated heterocycles. The van der Waals surface area contributed by atoms with Crippen LogP contribution >= 0.6 is 0 Å². The first kappa shape index (κ1) is 16.8. The van der Waals surface area contributed by atoms with Gasteiger partial charge in [-0.1, -0.05) is 42.5 Å². The van der Waals surface area contributed by atoms with E-state index in [1.807, 2.05) is 60.7 Å². The van der Waals surface area contributed by atoms with Gasteiger partial charge in [0, 0.05) is 23.6 Å². The number of hydrogen-bond acceptors (Lipinski definition) is 4. The van der Waals surface area contributed by atoms with E-state index in [-0.39, 0.29) is 0 Å². The zero-order chi connectivity index (χ0) is 18.2. The summed E-state index contributed by atoms with van der Waals surface area (Å²) >= 11 is 0. The molecule has 0 aliphatic carbocycles. The molecule has 0 aliphatic rings. The summed E-state index contributed by atoms with van der Waals surface area (Å²) in [4.78, 5) is 8.86. The SMILES string of the molecule is N#Cc1ccccc1C=Nc1cccc(N=Cc2ccccc2C#N)c1. The van der Waals surface area contributed by atoms with Crippen molar-refractivity contribution in [3.05, 3.63) is 95.1 Å². The molecular weight excluding hydrogens is 320 g/mol. The van der Waals surface area contributed by atoms with Crippen molar-refractivity contribution in [3.8, 4) is 12.1 Å². The minimum Gasteiger partial charge on any atom is -0.256 e. The molecule has 0 atom stereocenters. The first-order chi connectivity index (χ1) is 12.8. The highest BCUT2D eigenvalue weighted by Crippen LogP contribution is 2.21. The van der Waals surface area contributed by atoms with E-state index in [2.05, 4.69) is 22.1 Å². The van der Waals surface area contributed by atoms with E-state index in [9.17, 15) is 0 Å². The van der Waals surface area contributed by atoms with E-state index >= 15 is 0 Å². The van der Waals surface area contributed by atoms with Gasteiger partial charge in [-0.05, 0) is 30.3 Å². The van der Waals surface area contributed by atoms with E-state index in [0.717, 1.165) is 22.5 Å². The first-order valence-corrected chi connectivity index (χ1v) is 7.96. The van der Waals surface area contributed by atoms with Crippen LogP contribution in [0.5, 0.6) is 0 Å². The molecule has 4 heteroatoms. The Balaban J connectivity index is 1.83. The number of rotatable bonds is 4. The zero-order valence-electron chi connectivity index (χ0n) is 13.9. The summed E-state index contributed by atoms with van der Waals surface area (Å²) in [6, 6.07) is 26.4. The molecule has 0 spiro atoms. The lowest BCUT2D eigenvalue weighted by molar-refractivity contribution is 1.45. The summed E-state index contributed by atoms with van der Waals surface area (Å²) in [5, 5.41) is 18.3. The molecule has 122 valence electrons. The summed E-state index contributed by atoms with van der Waals surface area (Å²) in [7, 11) is 0. The maximum absolute atomic E-state index is 9.13. The average molecular weight is 334 g/mol. The standard InChI is InChI=1S/C22H14N4/c23-13-17-6-1-3-8-19(17)15-25-21-10-5-11-22(12-21)26-16-20-9-4-2-7-18(20)14-24/h1-12,15-16H. The van der Waals surface area contributed by atoms with Gasteiger partial charge in [0.15, 0.2) is 0 Å². The third-order valence-electron chi connectivity index (χ3n) is 3.70. The second-order valence-corrected chi connectivity index (χ2v) is 5.43. The number of nitrogens with zero attached hydrogens (tertiary/aromatic N) is 4. The summed E-state index contributed by atoms with van der Waals surface area (Å²) in [5.41, 5.74) is 4.18. The van der Waals surface area contributed by atoms with Crippen molar-refractivity contribution in [2.24, 2.45) is 9.98 Å². The Labute approximate surface area is 152 Å². The van der Waals surface area contributed by atoms with Gasteiger partial charge in [-0.2, -0.15) is 10.5 Å². The van der Waals surface area contributed by atoms with E-state index in [1.54, 1.807) is 24.6 Å². The van der Waals surface area contributed by atoms with Gasteiger partial charge in [0.1, 0.15) is 0 Å². The Bertz CT molecular complexity index is 983. The molecular formula is C22H14N4. The van der Waals surface area contributed by atoms with Crippen LogP contribution in [0.3, 0.4) is 0 Å². The number of hydrogen-bond donors (Lipinski definition) is 0. The lowest BCUT2D eigenvalue weighted by atomic mass is 10.1.